The molecule has 0 bridgehead atoms. The van der Waals surface area contributed by atoms with Crippen LogP contribution in [0, 0.1) is 0 Å². The number of hydrogen-bond donors (Lipinski definition) is 1. The molecule has 0 fully saturated rings. The summed E-state index contributed by atoms with van der Waals surface area (Å²) in [4.78, 5) is 2.10. The second-order valence-electron chi connectivity index (χ2n) is 1.78. The van der Waals surface area contributed by atoms with Gasteiger partial charge in [-0.2, -0.15) is 0 Å². The van der Waals surface area contributed by atoms with E-state index in [9.17, 15) is 0 Å². The van der Waals surface area contributed by atoms with Crippen molar-refractivity contribution in [2.75, 3.05) is 13.6 Å². The van der Waals surface area contributed by atoms with Gasteiger partial charge in [-0.05, 0) is 11.8 Å². The molecule has 0 aromatic rings. The molecule has 0 heterocycles. The molecular weight excluding hydrogens is 118 g/mol. The summed E-state index contributed by atoms with van der Waals surface area (Å²) in [6.45, 7) is 3.26. The molecule has 0 aliphatic heterocycles. The molecule has 0 aliphatic rings. The van der Waals surface area contributed by atoms with Gasteiger partial charge in [-0.25, -0.2) is 0 Å². The number of hydrogen-bond acceptors (Lipinski definition) is 2. The van der Waals surface area contributed by atoms with Gasteiger partial charge in [0, 0.05) is 19.8 Å². The van der Waals surface area contributed by atoms with E-state index in [1.54, 1.807) is 5.41 Å². The minimum Gasteiger partial charge on any atom is -0.380 e. The highest BCUT2D eigenvalue weighted by molar-refractivity contribution is 7.83. The summed E-state index contributed by atoms with van der Waals surface area (Å²) in [6.07, 6.45) is 3.14. The molecule has 0 aromatic carbocycles. The van der Waals surface area contributed by atoms with Crippen LogP contribution in [0.5, 0.6) is 0 Å². The van der Waals surface area contributed by atoms with Crippen LogP contribution in [-0.2, 0) is 0 Å². The Kier molecular flexibility index (Phi) is 4.97. The van der Waals surface area contributed by atoms with Crippen molar-refractivity contribution in [3.05, 3.63) is 11.6 Å². The van der Waals surface area contributed by atoms with Crippen LogP contribution in [0.3, 0.4) is 0 Å². The Bertz CT molecular complexity index is 70.9. The molecule has 0 radical (unpaired) electrons. The maximum absolute atomic E-state index is 3.93. The average molecular weight is 131 g/mol. The predicted molar refractivity (Wildman–Crippen MR) is 41.0 cm³/mol. The summed E-state index contributed by atoms with van der Waals surface area (Å²) in [5.74, 6) is 0. The first-order valence-corrected chi connectivity index (χ1v) is 3.34. The van der Waals surface area contributed by atoms with E-state index in [0.717, 1.165) is 6.54 Å². The molecule has 0 atom stereocenters. The van der Waals surface area contributed by atoms with Crippen LogP contribution in [0.2, 0.25) is 0 Å². The van der Waals surface area contributed by atoms with Gasteiger partial charge in [-0.3, -0.25) is 0 Å². The Morgan fingerprint density at radius 1 is 1.62 bits per heavy atom. The van der Waals surface area contributed by atoms with Gasteiger partial charge in [0.2, 0.25) is 0 Å². The van der Waals surface area contributed by atoms with E-state index in [-0.39, 0.29) is 0 Å². The lowest BCUT2D eigenvalue weighted by molar-refractivity contribution is 0.455. The molecular formula is C6H13NS. The summed E-state index contributed by atoms with van der Waals surface area (Å²) >= 11 is 3.93. The van der Waals surface area contributed by atoms with E-state index in [1.807, 2.05) is 13.2 Å². The predicted octanol–water partition coefficient (Wildman–Crippen LogP) is 1.73. The summed E-state index contributed by atoms with van der Waals surface area (Å²) < 4.78 is 0. The van der Waals surface area contributed by atoms with E-state index >= 15 is 0 Å². The van der Waals surface area contributed by atoms with Crippen LogP contribution < -0.4 is 0 Å². The van der Waals surface area contributed by atoms with Crippen molar-refractivity contribution in [3.63, 3.8) is 0 Å². The maximum atomic E-state index is 3.93. The molecule has 0 aliphatic carbocycles. The van der Waals surface area contributed by atoms with E-state index in [1.165, 1.54) is 6.42 Å². The van der Waals surface area contributed by atoms with Crippen molar-refractivity contribution in [2.24, 2.45) is 0 Å². The Morgan fingerprint density at radius 2 is 2.25 bits per heavy atom. The Labute approximate surface area is 56.8 Å². The zero-order valence-electron chi connectivity index (χ0n) is 5.46. The van der Waals surface area contributed by atoms with Crippen LogP contribution in [0.25, 0.3) is 0 Å². The Hall–Kier alpha value is -0.110. The second-order valence-corrected chi connectivity index (χ2v) is 2.08. The van der Waals surface area contributed by atoms with Crippen molar-refractivity contribution in [1.29, 1.82) is 0 Å². The Morgan fingerprint density at radius 3 is 2.62 bits per heavy atom. The fraction of sp³-hybridized carbons (Fsp3) is 0.667. The molecule has 0 amide bonds. The molecule has 0 rings (SSSR count). The zero-order valence-corrected chi connectivity index (χ0v) is 6.36. The van der Waals surface area contributed by atoms with E-state index in [4.69, 9.17) is 0 Å². The first kappa shape index (κ1) is 7.89. The van der Waals surface area contributed by atoms with Crippen molar-refractivity contribution >= 4 is 12.6 Å². The maximum Gasteiger partial charge on any atom is 0.0166 e. The van der Waals surface area contributed by atoms with Gasteiger partial charge in [0.05, 0.1) is 0 Å². The first-order valence-electron chi connectivity index (χ1n) is 2.82. The van der Waals surface area contributed by atoms with Crippen molar-refractivity contribution in [2.45, 2.75) is 13.3 Å². The molecule has 0 N–H and O–H groups in total. The van der Waals surface area contributed by atoms with Gasteiger partial charge in [0.1, 0.15) is 0 Å². The normalized spacial score (nSPS) is 10.4. The molecule has 0 spiro atoms. The van der Waals surface area contributed by atoms with Crippen molar-refractivity contribution < 1.29 is 0 Å². The van der Waals surface area contributed by atoms with Crippen LogP contribution in [0.4, 0.5) is 0 Å². The van der Waals surface area contributed by atoms with Crippen molar-refractivity contribution in [1.82, 2.24) is 4.90 Å². The van der Waals surface area contributed by atoms with Gasteiger partial charge in [0.15, 0.2) is 0 Å². The number of nitrogens with zero attached hydrogens (tertiary/aromatic N) is 1. The minimum absolute atomic E-state index is 1.11. The highest BCUT2D eigenvalue weighted by atomic mass is 32.1. The van der Waals surface area contributed by atoms with Gasteiger partial charge in [0.25, 0.3) is 0 Å². The molecule has 48 valence electrons. The van der Waals surface area contributed by atoms with Gasteiger partial charge in [-0.15, -0.1) is 12.6 Å². The lowest BCUT2D eigenvalue weighted by Crippen LogP contribution is -2.10. The Balaban J connectivity index is 3.17. The number of thiol groups is 1. The standard InChI is InChI=1S/C6H13NS/c1-3-4-7(2)5-6-8/h5-6,8H,3-4H2,1-2H3/b6-5-. The van der Waals surface area contributed by atoms with Crippen molar-refractivity contribution in [3.8, 4) is 0 Å². The summed E-state index contributed by atoms with van der Waals surface area (Å²) in [5.41, 5.74) is 0. The van der Waals surface area contributed by atoms with E-state index < -0.39 is 0 Å². The molecule has 8 heavy (non-hydrogen) atoms. The lowest BCUT2D eigenvalue weighted by Gasteiger charge is -2.09. The molecule has 1 nitrogen and oxygen atoms in total. The first-order chi connectivity index (χ1) is 3.81. The van der Waals surface area contributed by atoms with Crippen LogP contribution in [0.15, 0.2) is 11.6 Å². The van der Waals surface area contributed by atoms with E-state index in [0.29, 0.717) is 0 Å². The average Bonchev–Trinajstić information content (AvgIpc) is 1.68. The second kappa shape index (κ2) is 5.04. The third-order valence-electron chi connectivity index (χ3n) is 0.897. The lowest BCUT2D eigenvalue weighted by atomic mass is 10.5. The smallest absolute Gasteiger partial charge is 0.0166 e. The molecule has 0 unspecified atom stereocenters. The summed E-state index contributed by atoms with van der Waals surface area (Å²) in [7, 11) is 2.04. The van der Waals surface area contributed by atoms with Gasteiger partial charge < -0.3 is 4.90 Å². The SMILES string of the molecule is CCCN(C)/C=C\S. The summed E-state index contributed by atoms with van der Waals surface area (Å²) in [6, 6.07) is 0. The minimum atomic E-state index is 1.11. The quantitative estimate of drug-likeness (QED) is 0.571. The van der Waals surface area contributed by atoms with Gasteiger partial charge >= 0.3 is 0 Å². The summed E-state index contributed by atoms with van der Waals surface area (Å²) in [5, 5.41) is 1.75. The highest BCUT2D eigenvalue weighted by Gasteiger charge is 1.82. The zero-order chi connectivity index (χ0) is 6.41. The third-order valence-corrected chi connectivity index (χ3v) is 1.03. The van der Waals surface area contributed by atoms with Crippen LogP contribution >= 0.6 is 12.6 Å². The topological polar surface area (TPSA) is 3.24 Å². The fourth-order valence-electron chi connectivity index (χ4n) is 0.541. The third kappa shape index (κ3) is 4.06. The fourth-order valence-corrected chi connectivity index (χ4v) is 0.769. The molecule has 0 aromatic heterocycles. The molecule has 0 saturated heterocycles. The number of rotatable bonds is 3. The highest BCUT2D eigenvalue weighted by Crippen LogP contribution is 1.87. The molecule has 2 heteroatoms. The largest absolute Gasteiger partial charge is 0.380 e. The monoisotopic (exact) mass is 131 g/mol. The van der Waals surface area contributed by atoms with Crippen LogP contribution in [0.1, 0.15) is 13.3 Å². The van der Waals surface area contributed by atoms with E-state index in [2.05, 4.69) is 24.5 Å². The van der Waals surface area contributed by atoms with Crippen LogP contribution in [-0.4, -0.2) is 18.5 Å². The van der Waals surface area contributed by atoms with Gasteiger partial charge in [-0.1, -0.05) is 6.92 Å². The molecule has 0 saturated carbocycles.